The Morgan fingerprint density at radius 2 is 2.13 bits per heavy atom. The fraction of sp³-hybridized carbons (Fsp3) is 0.562. The van der Waals surface area contributed by atoms with Crippen molar-refractivity contribution in [3.63, 3.8) is 0 Å². The van der Waals surface area contributed by atoms with Crippen molar-refractivity contribution >= 4 is 11.3 Å². The van der Waals surface area contributed by atoms with Crippen LogP contribution in [-0.2, 0) is 11.3 Å². The van der Waals surface area contributed by atoms with Gasteiger partial charge < -0.3 is 4.74 Å². The van der Waals surface area contributed by atoms with Gasteiger partial charge in [-0.3, -0.25) is 9.80 Å². The summed E-state index contributed by atoms with van der Waals surface area (Å²) >= 11 is 1.61. The quantitative estimate of drug-likeness (QED) is 0.803. The van der Waals surface area contributed by atoms with E-state index in [1.54, 1.807) is 30.8 Å². The first-order chi connectivity index (χ1) is 11.3. The van der Waals surface area contributed by atoms with Crippen molar-refractivity contribution in [2.45, 2.75) is 19.5 Å². The van der Waals surface area contributed by atoms with E-state index in [0.29, 0.717) is 11.9 Å². The highest BCUT2D eigenvalue weighted by Gasteiger charge is 2.23. The van der Waals surface area contributed by atoms with Gasteiger partial charge in [-0.1, -0.05) is 0 Å². The zero-order chi connectivity index (χ0) is 16.1. The molecule has 1 aliphatic heterocycles. The topological polar surface area (TPSA) is 54.4 Å². The molecule has 1 saturated heterocycles. The lowest BCUT2D eigenvalue weighted by molar-refractivity contribution is 0.0553. The third-order valence-electron chi connectivity index (χ3n) is 4.13. The van der Waals surface area contributed by atoms with Crippen LogP contribution >= 0.6 is 11.3 Å². The molecule has 1 aliphatic rings. The molecule has 0 amide bonds. The molecular weight excluding hydrogens is 310 g/mol. The zero-order valence-electron chi connectivity index (χ0n) is 13.7. The molecule has 0 unspecified atom stereocenters. The van der Waals surface area contributed by atoms with Crippen molar-refractivity contribution < 1.29 is 4.74 Å². The smallest absolute Gasteiger partial charge is 0.188 e. The number of piperazine rings is 1. The summed E-state index contributed by atoms with van der Waals surface area (Å²) in [5, 5.41) is 3.01. The van der Waals surface area contributed by atoms with Crippen LogP contribution < -0.4 is 0 Å². The molecule has 0 bridgehead atoms. The Morgan fingerprint density at radius 1 is 1.30 bits per heavy atom. The summed E-state index contributed by atoms with van der Waals surface area (Å²) in [4.78, 5) is 18.2. The first-order valence-corrected chi connectivity index (χ1v) is 8.81. The van der Waals surface area contributed by atoms with Gasteiger partial charge in [0.2, 0.25) is 0 Å². The molecule has 3 heterocycles. The summed E-state index contributed by atoms with van der Waals surface area (Å²) < 4.78 is 5.18. The number of hydrogen-bond acceptors (Lipinski definition) is 7. The van der Waals surface area contributed by atoms with Crippen LogP contribution in [0.1, 0.15) is 12.6 Å². The Labute approximate surface area is 141 Å². The van der Waals surface area contributed by atoms with Gasteiger partial charge in [0.25, 0.3) is 0 Å². The van der Waals surface area contributed by atoms with Crippen LogP contribution in [0, 0.1) is 0 Å². The molecule has 7 heteroatoms. The minimum absolute atomic E-state index is 0.550. The van der Waals surface area contributed by atoms with E-state index >= 15 is 0 Å². The van der Waals surface area contributed by atoms with Gasteiger partial charge in [0.05, 0.1) is 12.3 Å². The summed E-state index contributed by atoms with van der Waals surface area (Å²) in [7, 11) is 1.76. The maximum absolute atomic E-state index is 5.18. The molecule has 0 aliphatic carbocycles. The van der Waals surface area contributed by atoms with Crippen LogP contribution in [0.3, 0.4) is 0 Å². The summed E-state index contributed by atoms with van der Waals surface area (Å²) in [5.41, 5.74) is 1.11. The monoisotopic (exact) mass is 333 g/mol. The summed E-state index contributed by atoms with van der Waals surface area (Å²) in [5.74, 6) is 0.710. The van der Waals surface area contributed by atoms with Crippen LogP contribution in [-0.4, -0.2) is 70.7 Å². The lowest BCUT2D eigenvalue weighted by Crippen LogP contribution is -2.52. The molecule has 0 radical (unpaired) electrons. The van der Waals surface area contributed by atoms with Gasteiger partial charge in [-0.05, 0) is 13.0 Å². The fourth-order valence-corrected chi connectivity index (χ4v) is 3.63. The summed E-state index contributed by atoms with van der Waals surface area (Å²) in [6.07, 6.45) is 3.51. The Morgan fingerprint density at radius 3 is 2.87 bits per heavy atom. The van der Waals surface area contributed by atoms with E-state index < -0.39 is 0 Å². The van der Waals surface area contributed by atoms with Gasteiger partial charge in [-0.2, -0.15) is 0 Å². The molecule has 6 nitrogen and oxygen atoms in total. The van der Waals surface area contributed by atoms with Gasteiger partial charge in [0.1, 0.15) is 0 Å². The summed E-state index contributed by atoms with van der Waals surface area (Å²) in [6, 6.07) is 2.37. The molecule has 2 aromatic heterocycles. The molecule has 23 heavy (non-hydrogen) atoms. The highest BCUT2D eigenvalue weighted by atomic mass is 32.1. The number of methoxy groups -OCH3 is 1. The van der Waals surface area contributed by atoms with E-state index in [1.165, 1.54) is 0 Å². The Bertz CT molecular complexity index is 606. The standard InChI is InChI=1S/C16H23N5OS/c1-13-10-20(6-7-21(13)8-9-22-2)11-14-12-23-16(19-14)15-17-4-3-5-18-15/h3-5,12-13H,6-11H2,1-2H3/t13-/m0/s1. The van der Waals surface area contributed by atoms with Gasteiger partial charge >= 0.3 is 0 Å². The second kappa shape index (κ2) is 7.92. The van der Waals surface area contributed by atoms with Crippen molar-refractivity contribution in [3.8, 4) is 10.8 Å². The lowest BCUT2D eigenvalue weighted by atomic mass is 10.2. The minimum Gasteiger partial charge on any atom is -0.383 e. The predicted octanol–water partition coefficient (Wildman–Crippen LogP) is 1.75. The van der Waals surface area contributed by atoms with Crippen molar-refractivity contribution in [3.05, 3.63) is 29.5 Å². The number of aromatic nitrogens is 3. The van der Waals surface area contributed by atoms with E-state index in [-0.39, 0.29) is 0 Å². The average Bonchev–Trinajstić information content (AvgIpc) is 3.03. The van der Waals surface area contributed by atoms with Crippen LogP contribution in [0.4, 0.5) is 0 Å². The first-order valence-electron chi connectivity index (χ1n) is 7.93. The van der Waals surface area contributed by atoms with Gasteiger partial charge in [0.15, 0.2) is 10.8 Å². The number of hydrogen-bond donors (Lipinski definition) is 0. The molecular formula is C16H23N5OS. The molecule has 0 spiro atoms. The van der Waals surface area contributed by atoms with E-state index in [1.807, 2.05) is 6.07 Å². The lowest BCUT2D eigenvalue weighted by Gasteiger charge is -2.39. The molecule has 0 aromatic carbocycles. The fourth-order valence-electron chi connectivity index (χ4n) is 2.88. The second-order valence-corrected chi connectivity index (χ2v) is 6.69. The molecule has 0 saturated carbocycles. The third-order valence-corrected chi connectivity index (χ3v) is 5.01. The van der Waals surface area contributed by atoms with E-state index in [9.17, 15) is 0 Å². The molecule has 2 aromatic rings. The molecule has 124 valence electrons. The highest BCUT2D eigenvalue weighted by Crippen LogP contribution is 2.21. The van der Waals surface area contributed by atoms with E-state index in [0.717, 1.165) is 50.0 Å². The van der Waals surface area contributed by atoms with Crippen LogP contribution in [0.2, 0.25) is 0 Å². The van der Waals surface area contributed by atoms with Gasteiger partial charge in [0, 0.05) is 63.6 Å². The van der Waals surface area contributed by atoms with Gasteiger partial charge in [-0.15, -0.1) is 11.3 Å². The highest BCUT2D eigenvalue weighted by molar-refractivity contribution is 7.13. The Hall–Kier alpha value is -1.41. The van der Waals surface area contributed by atoms with E-state index in [2.05, 4.69) is 37.1 Å². The summed E-state index contributed by atoms with van der Waals surface area (Å²) in [6.45, 7) is 8.22. The largest absolute Gasteiger partial charge is 0.383 e. The van der Waals surface area contributed by atoms with Crippen molar-refractivity contribution in [2.24, 2.45) is 0 Å². The van der Waals surface area contributed by atoms with Crippen molar-refractivity contribution in [2.75, 3.05) is 39.9 Å². The van der Waals surface area contributed by atoms with Gasteiger partial charge in [-0.25, -0.2) is 15.0 Å². The minimum atomic E-state index is 0.550. The number of ether oxygens (including phenoxy) is 1. The molecule has 1 atom stereocenters. The molecule has 1 fully saturated rings. The number of thiazole rings is 1. The molecule has 0 N–H and O–H groups in total. The average molecular weight is 333 g/mol. The van der Waals surface area contributed by atoms with E-state index in [4.69, 9.17) is 4.74 Å². The predicted molar refractivity (Wildman–Crippen MR) is 91.3 cm³/mol. The molecule has 3 rings (SSSR count). The van der Waals surface area contributed by atoms with Crippen molar-refractivity contribution in [1.29, 1.82) is 0 Å². The van der Waals surface area contributed by atoms with Crippen LogP contribution in [0.15, 0.2) is 23.8 Å². The Balaban J connectivity index is 1.56. The number of nitrogens with zero attached hydrogens (tertiary/aromatic N) is 5. The SMILES string of the molecule is COCCN1CCN(Cc2csc(-c3ncccn3)n2)C[C@@H]1C. The third kappa shape index (κ3) is 4.32. The zero-order valence-corrected chi connectivity index (χ0v) is 14.5. The van der Waals surface area contributed by atoms with Crippen LogP contribution in [0.5, 0.6) is 0 Å². The maximum atomic E-state index is 5.18. The normalized spacial score (nSPS) is 20.0. The Kier molecular flexibility index (Phi) is 5.66. The second-order valence-electron chi connectivity index (χ2n) is 5.83. The first kappa shape index (κ1) is 16.4. The van der Waals surface area contributed by atoms with Crippen molar-refractivity contribution in [1.82, 2.24) is 24.8 Å². The number of rotatable bonds is 6. The maximum Gasteiger partial charge on any atom is 0.188 e. The van der Waals surface area contributed by atoms with Crippen LogP contribution in [0.25, 0.3) is 10.8 Å².